The number of nitrogens with zero attached hydrogens (tertiary/aromatic N) is 2. The average molecular weight is 513 g/mol. The molecule has 2 N–H and O–H groups in total. The smallest absolute Gasteiger partial charge is 0.296 e. The number of halogens is 6. The van der Waals surface area contributed by atoms with Crippen LogP contribution in [0.15, 0.2) is 41.3 Å². The van der Waals surface area contributed by atoms with E-state index in [1.54, 1.807) is 0 Å². The van der Waals surface area contributed by atoms with Crippen LogP contribution in [0, 0.1) is 11.6 Å². The molecule has 0 unspecified atom stereocenters. The van der Waals surface area contributed by atoms with Crippen molar-refractivity contribution >= 4 is 44.0 Å². The lowest BCUT2D eigenvalue weighted by molar-refractivity contribution is -0.121. The van der Waals surface area contributed by atoms with Crippen LogP contribution in [0.4, 0.5) is 27.1 Å². The Morgan fingerprint density at radius 3 is 2.47 bits per heavy atom. The van der Waals surface area contributed by atoms with Gasteiger partial charge < -0.3 is 0 Å². The highest BCUT2D eigenvalue weighted by atomic mass is 35.5. The largest absolute Gasteiger partial charge is 0.402 e. The maximum atomic E-state index is 14.1. The van der Waals surface area contributed by atoms with Gasteiger partial charge in [0.2, 0.25) is 15.2 Å². The topological polar surface area (TPSA) is 101 Å². The zero-order valence-corrected chi connectivity index (χ0v) is 17.8. The van der Waals surface area contributed by atoms with E-state index in [0.717, 1.165) is 23.5 Å². The quantitative estimate of drug-likeness (QED) is 0.481. The molecular weight excluding hydrogens is 503 g/mol. The standard InChI is InChI=1S/C17H10ClF5N4O3S2/c18-12-5-8(19)1-3-10(12)15-26-27-16(31-15)25-14(28)11-6-9(2-4-13(11)20)32(29,30)24-7-17(21,22)23/h1-6,24H,7H2,(H,25,27,28). The van der Waals surface area contributed by atoms with Gasteiger partial charge in [-0.15, -0.1) is 10.2 Å². The summed E-state index contributed by atoms with van der Waals surface area (Å²) in [4.78, 5) is 11.7. The maximum absolute atomic E-state index is 14.1. The van der Waals surface area contributed by atoms with Gasteiger partial charge in [0, 0.05) is 5.56 Å². The molecule has 3 aromatic rings. The summed E-state index contributed by atoms with van der Waals surface area (Å²) in [6, 6.07) is 5.44. The first-order valence-corrected chi connectivity index (χ1v) is 11.0. The number of carbonyl (C=O) groups is 1. The van der Waals surface area contributed by atoms with Crippen molar-refractivity contribution < 1.29 is 35.2 Å². The van der Waals surface area contributed by atoms with Crippen molar-refractivity contribution in [1.82, 2.24) is 14.9 Å². The monoisotopic (exact) mass is 512 g/mol. The molecule has 1 amide bonds. The molecule has 1 heterocycles. The van der Waals surface area contributed by atoms with Gasteiger partial charge >= 0.3 is 6.18 Å². The number of rotatable bonds is 6. The SMILES string of the molecule is O=C(Nc1nnc(-c2ccc(F)cc2Cl)s1)c1cc(S(=O)(=O)NCC(F)(F)F)ccc1F. The van der Waals surface area contributed by atoms with E-state index in [9.17, 15) is 35.2 Å². The predicted octanol–water partition coefficient (Wildman–Crippen LogP) is 4.23. The Labute approximate surface area is 186 Å². The maximum Gasteiger partial charge on any atom is 0.402 e. The van der Waals surface area contributed by atoms with Gasteiger partial charge in [-0.1, -0.05) is 22.9 Å². The fourth-order valence-electron chi connectivity index (χ4n) is 2.32. The summed E-state index contributed by atoms with van der Waals surface area (Å²) in [5.74, 6) is -2.82. The number of aromatic nitrogens is 2. The third-order valence-corrected chi connectivity index (χ3v) is 6.35. The molecule has 0 bridgehead atoms. The summed E-state index contributed by atoms with van der Waals surface area (Å²) in [6.45, 7) is -1.84. The normalized spacial score (nSPS) is 12.1. The molecule has 15 heteroatoms. The molecule has 0 aliphatic carbocycles. The lowest BCUT2D eigenvalue weighted by atomic mass is 10.2. The minimum atomic E-state index is -4.81. The number of hydrogen-bond donors (Lipinski definition) is 2. The third-order valence-electron chi connectivity index (χ3n) is 3.76. The molecule has 7 nitrogen and oxygen atoms in total. The van der Waals surface area contributed by atoms with E-state index in [-0.39, 0.29) is 15.2 Å². The third kappa shape index (κ3) is 5.76. The Balaban J connectivity index is 1.81. The van der Waals surface area contributed by atoms with Crippen LogP contribution in [0.1, 0.15) is 10.4 Å². The molecule has 0 atom stereocenters. The molecule has 3 rings (SSSR count). The van der Waals surface area contributed by atoms with Crippen LogP contribution < -0.4 is 10.0 Å². The summed E-state index contributed by atoms with van der Waals surface area (Å²) in [6.07, 6.45) is -4.81. The molecule has 0 aliphatic rings. The fourth-order valence-corrected chi connectivity index (χ4v) is 4.45. The molecule has 0 spiro atoms. The van der Waals surface area contributed by atoms with Crippen molar-refractivity contribution in [2.75, 3.05) is 11.9 Å². The van der Waals surface area contributed by atoms with E-state index in [1.165, 1.54) is 10.8 Å². The van der Waals surface area contributed by atoms with Crippen molar-refractivity contribution in [3.8, 4) is 10.6 Å². The molecule has 2 aromatic carbocycles. The second-order valence-electron chi connectivity index (χ2n) is 6.07. The Bertz CT molecular complexity index is 1280. The van der Waals surface area contributed by atoms with Crippen LogP contribution in [0.25, 0.3) is 10.6 Å². The fraction of sp³-hybridized carbons (Fsp3) is 0.118. The van der Waals surface area contributed by atoms with Gasteiger partial charge in [0.05, 0.1) is 15.5 Å². The van der Waals surface area contributed by atoms with E-state index in [4.69, 9.17) is 11.6 Å². The summed E-state index contributed by atoms with van der Waals surface area (Å²) >= 11 is 6.75. The molecular formula is C17H10ClF5N4O3S2. The number of hydrogen-bond acceptors (Lipinski definition) is 6. The molecule has 0 fully saturated rings. The first-order chi connectivity index (χ1) is 14.9. The van der Waals surface area contributed by atoms with Gasteiger partial charge in [0.1, 0.15) is 18.2 Å². The average Bonchev–Trinajstić information content (AvgIpc) is 3.14. The van der Waals surface area contributed by atoms with Gasteiger partial charge in [0.15, 0.2) is 5.01 Å². The van der Waals surface area contributed by atoms with E-state index in [2.05, 4.69) is 15.5 Å². The van der Waals surface area contributed by atoms with Gasteiger partial charge in [0.25, 0.3) is 5.91 Å². The molecule has 32 heavy (non-hydrogen) atoms. The number of alkyl halides is 3. The van der Waals surface area contributed by atoms with E-state index in [1.807, 2.05) is 0 Å². The first-order valence-electron chi connectivity index (χ1n) is 8.32. The van der Waals surface area contributed by atoms with Gasteiger partial charge in [-0.05, 0) is 36.4 Å². The second kappa shape index (κ2) is 9.05. The zero-order valence-electron chi connectivity index (χ0n) is 15.4. The number of amides is 1. The van der Waals surface area contributed by atoms with Crippen LogP contribution in [-0.4, -0.2) is 37.2 Å². The summed E-state index contributed by atoms with van der Waals surface area (Å²) in [7, 11) is -4.67. The minimum absolute atomic E-state index is 0.0364. The molecule has 0 saturated carbocycles. The molecule has 0 radical (unpaired) electrons. The van der Waals surface area contributed by atoms with Crippen molar-refractivity contribution in [1.29, 1.82) is 0 Å². The van der Waals surface area contributed by atoms with Crippen LogP contribution in [-0.2, 0) is 10.0 Å². The molecule has 0 aliphatic heterocycles. The molecule has 170 valence electrons. The van der Waals surface area contributed by atoms with Gasteiger partial charge in [-0.25, -0.2) is 21.9 Å². The van der Waals surface area contributed by atoms with Crippen molar-refractivity contribution in [2.24, 2.45) is 0 Å². The van der Waals surface area contributed by atoms with Crippen LogP contribution >= 0.6 is 22.9 Å². The molecule has 0 saturated heterocycles. The number of sulfonamides is 1. The second-order valence-corrected chi connectivity index (χ2v) is 9.22. The van der Waals surface area contributed by atoms with Gasteiger partial charge in [-0.3, -0.25) is 10.1 Å². The van der Waals surface area contributed by atoms with Crippen LogP contribution in [0.5, 0.6) is 0 Å². The number of anilines is 1. The van der Waals surface area contributed by atoms with Crippen molar-refractivity contribution in [3.63, 3.8) is 0 Å². The van der Waals surface area contributed by atoms with Crippen molar-refractivity contribution in [3.05, 3.63) is 58.6 Å². The number of nitrogens with one attached hydrogen (secondary N) is 2. The zero-order chi connectivity index (χ0) is 23.7. The highest BCUT2D eigenvalue weighted by Crippen LogP contribution is 2.32. The van der Waals surface area contributed by atoms with E-state index in [0.29, 0.717) is 23.8 Å². The highest BCUT2D eigenvalue weighted by Gasteiger charge is 2.30. The first kappa shape index (κ1) is 24.0. The summed E-state index contributed by atoms with van der Waals surface area (Å²) < 4.78 is 89.5. The molecule has 1 aromatic heterocycles. The van der Waals surface area contributed by atoms with Gasteiger partial charge in [-0.2, -0.15) is 13.2 Å². The van der Waals surface area contributed by atoms with E-state index >= 15 is 0 Å². The summed E-state index contributed by atoms with van der Waals surface area (Å²) in [5, 5.41) is 9.81. The number of carbonyl (C=O) groups excluding carboxylic acids is 1. The minimum Gasteiger partial charge on any atom is -0.296 e. The number of benzene rings is 2. The van der Waals surface area contributed by atoms with Crippen LogP contribution in [0.2, 0.25) is 5.02 Å². The Kier molecular flexibility index (Phi) is 6.78. The highest BCUT2D eigenvalue weighted by molar-refractivity contribution is 7.89. The van der Waals surface area contributed by atoms with Crippen LogP contribution in [0.3, 0.4) is 0 Å². The van der Waals surface area contributed by atoms with E-state index < -0.39 is 50.7 Å². The Morgan fingerprint density at radius 1 is 1.09 bits per heavy atom. The lowest BCUT2D eigenvalue weighted by Gasteiger charge is -2.10. The Morgan fingerprint density at radius 2 is 1.81 bits per heavy atom. The lowest BCUT2D eigenvalue weighted by Crippen LogP contribution is -2.33. The Hall–Kier alpha value is -2.68. The van der Waals surface area contributed by atoms with Crippen molar-refractivity contribution in [2.45, 2.75) is 11.1 Å². The summed E-state index contributed by atoms with van der Waals surface area (Å²) in [5.41, 5.74) is -0.433. The predicted molar refractivity (Wildman–Crippen MR) is 106 cm³/mol.